The average molecular weight is 685 g/mol. The first-order valence-electron chi connectivity index (χ1n) is 17.7. The number of ether oxygens (including phenoxy) is 2. The van der Waals surface area contributed by atoms with Gasteiger partial charge in [-0.2, -0.15) is 10.5 Å². The summed E-state index contributed by atoms with van der Waals surface area (Å²) >= 11 is 0. The van der Waals surface area contributed by atoms with Gasteiger partial charge in [-0.1, -0.05) is 39.8 Å². The van der Waals surface area contributed by atoms with Crippen molar-refractivity contribution in [1.82, 2.24) is 0 Å². The van der Waals surface area contributed by atoms with E-state index in [1.807, 2.05) is 41.5 Å². The summed E-state index contributed by atoms with van der Waals surface area (Å²) in [5.41, 5.74) is 23.9. The summed E-state index contributed by atoms with van der Waals surface area (Å²) in [6.45, 7) is 20.5. The van der Waals surface area contributed by atoms with Gasteiger partial charge in [-0.25, -0.2) is 0 Å². The van der Waals surface area contributed by atoms with E-state index in [-0.39, 0.29) is 45.3 Å². The molecule has 8 heteroatoms. The van der Waals surface area contributed by atoms with Crippen molar-refractivity contribution < 1.29 is 19.1 Å². The van der Waals surface area contributed by atoms with Gasteiger partial charge in [0.25, 0.3) is 0 Å². The molecule has 0 radical (unpaired) electrons. The first kappa shape index (κ1) is 35.7. The van der Waals surface area contributed by atoms with E-state index in [9.17, 15) is 20.1 Å². The minimum Gasteiger partial charge on any atom is -0.444 e. The monoisotopic (exact) mass is 684 g/mol. The number of aryl methyl sites for hydroxylation is 4. The lowest BCUT2D eigenvalue weighted by Crippen LogP contribution is -2.34. The third-order valence-electron chi connectivity index (χ3n) is 11.5. The fourth-order valence-electron chi connectivity index (χ4n) is 9.24. The number of nitrogens with zero attached hydrogens (tertiary/aromatic N) is 2. The first-order valence-corrected chi connectivity index (χ1v) is 17.7. The van der Waals surface area contributed by atoms with E-state index >= 15 is 0 Å². The minimum absolute atomic E-state index is 0.0197. The van der Waals surface area contributed by atoms with E-state index in [1.54, 1.807) is 0 Å². The number of allylic oxidation sites excluding steroid dienone is 6. The molecule has 2 aliphatic heterocycles. The van der Waals surface area contributed by atoms with Gasteiger partial charge in [-0.15, -0.1) is 0 Å². The highest BCUT2D eigenvalue weighted by Gasteiger charge is 2.46. The van der Waals surface area contributed by atoms with Crippen molar-refractivity contribution in [1.29, 1.82) is 10.5 Å². The second-order valence-electron chi connectivity index (χ2n) is 16.6. The summed E-state index contributed by atoms with van der Waals surface area (Å²) in [6, 6.07) is 8.84. The smallest absolute Gasteiger partial charge is 0.205 e. The number of nitriles is 2. The van der Waals surface area contributed by atoms with Gasteiger partial charge in [0, 0.05) is 36.8 Å². The van der Waals surface area contributed by atoms with E-state index in [2.05, 4.69) is 52.0 Å². The lowest BCUT2D eigenvalue weighted by Gasteiger charge is -2.38. The third-order valence-corrected chi connectivity index (χ3v) is 11.5. The molecule has 2 atom stereocenters. The number of ketones is 2. The summed E-state index contributed by atoms with van der Waals surface area (Å²) < 4.78 is 12.0. The SMILES string of the molecule is Cc1cc(C)c([C@@H]2C(C#N)=C(N)OC3=C2C(=O)CC(C)(C)C3)c(C)c1Cc1c(C)cc(C)c([C@H]2C(C#N)=C(N)OC3=C2C(=O)CC(C)(C)C3)c1C. The van der Waals surface area contributed by atoms with E-state index in [1.165, 1.54) is 0 Å². The number of nitrogens with two attached hydrogens (primary N) is 2. The molecule has 4 N–H and O–H groups in total. The molecular weight excluding hydrogens is 636 g/mol. The molecule has 0 amide bonds. The van der Waals surface area contributed by atoms with Crippen molar-refractivity contribution in [3.05, 3.63) is 113 Å². The molecule has 0 bridgehead atoms. The zero-order valence-electron chi connectivity index (χ0n) is 31.5. The minimum atomic E-state index is -0.627. The molecule has 2 aromatic rings. The highest BCUT2D eigenvalue weighted by atomic mass is 16.5. The maximum Gasteiger partial charge on any atom is 0.205 e. The van der Waals surface area contributed by atoms with Crippen LogP contribution in [-0.2, 0) is 25.5 Å². The maximum absolute atomic E-state index is 13.8. The fraction of sp³-hybridized carbons (Fsp3) is 0.442. The molecule has 0 fully saturated rings. The maximum atomic E-state index is 13.8. The van der Waals surface area contributed by atoms with E-state index in [0.717, 1.165) is 55.6 Å². The summed E-state index contributed by atoms with van der Waals surface area (Å²) in [4.78, 5) is 27.6. The molecular formula is C43H48N4O4. The molecule has 0 saturated heterocycles. The van der Waals surface area contributed by atoms with Gasteiger partial charge in [-0.3, -0.25) is 9.59 Å². The number of Topliss-reactive ketones (excluding diaryl/α,β-unsaturated/α-hetero) is 2. The van der Waals surface area contributed by atoms with Crippen LogP contribution in [0.1, 0.15) is 121 Å². The van der Waals surface area contributed by atoms with Crippen molar-refractivity contribution in [2.45, 2.75) is 113 Å². The Bertz CT molecular complexity index is 2020. The second kappa shape index (κ2) is 12.3. The lowest BCUT2D eigenvalue weighted by molar-refractivity contribution is -0.119. The molecule has 0 spiro atoms. The normalized spacial score (nSPS) is 22.6. The predicted molar refractivity (Wildman–Crippen MR) is 196 cm³/mol. The van der Waals surface area contributed by atoms with Gasteiger partial charge in [0.2, 0.25) is 11.8 Å². The zero-order chi connectivity index (χ0) is 37.5. The Hall–Kier alpha value is -5.08. The van der Waals surface area contributed by atoms with Crippen molar-refractivity contribution in [2.75, 3.05) is 0 Å². The largest absolute Gasteiger partial charge is 0.444 e. The number of carbonyl (C=O) groups is 2. The Balaban J connectivity index is 1.53. The third kappa shape index (κ3) is 5.85. The Morgan fingerprint density at radius 1 is 0.647 bits per heavy atom. The van der Waals surface area contributed by atoms with Crippen LogP contribution in [0.2, 0.25) is 0 Å². The van der Waals surface area contributed by atoms with Gasteiger partial charge in [0.1, 0.15) is 34.8 Å². The van der Waals surface area contributed by atoms with E-state index in [4.69, 9.17) is 20.9 Å². The van der Waals surface area contributed by atoms with Crippen LogP contribution in [0.3, 0.4) is 0 Å². The Morgan fingerprint density at radius 3 is 1.33 bits per heavy atom. The van der Waals surface area contributed by atoms with E-state index < -0.39 is 11.8 Å². The average Bonchev–Trinajstić information content (AvgIpc) is 2.98. The number of benzene rings is 2. The zero-order valence-corrected chi connectivity index (χ0v) is 31.5. The standard InChI is InChI=1S/C43H48N4O4/c1-20-11-22(3)34(36-28(18-44)40(46)50-32-16-42(7,8)14-30(48)38(32)36)24(5)26(20)13-27-21(2)12-23(4)35(25(27)6)37-29(19-45)41(47)51-33-17-43(9,10)15-31(49)39(33)37/h11-12,36-37H,13-17,46-47H2,1-10H3/t36-,37+. The van der Waals surface area contributed by atoms with Crippen molar-refractivity contribution in [3.63, 3.8) is 0 Å². The van der Waals surface area contributed by atoms with Crippen LogP contribution in [0.15, 0.2) is 57.7 Å². The highest BCUT2D eigenvalue weighted by Crippen LogP contribution is 2.52. The van der Waals surface area contributed by atoms with Gasteiger partial charge < -0.3 is 20.9 Å². The molecule has 0 unspecified atom stereocenters. The molecule has 8 nitrogen and oxygen atoms in total. The molecule has 0 aromatic heterocycles. The molecule has 2 aromatic carbocycles. The fourth-order valence-corrected chi connectivity index (χ4v) is 9.24. The Labute approximate surface area is 301 Å². The Kier molecular flexibility index (Phi) is 8.62. The molecule has 264 valence electrons. The van der Waals surface area contributed by atoms with Crippen LogP contribution in [-0.4, -0.2) is 11.6 Å². The highest BCUT2D eigenvalue weighted by molar-refractivity contribution is 6.01. The van der Waals surface area contributed by atoms with Crippen LogP contribution in [0, 0.1) is 75.0 Å². The van der Waals surface area contributed by atoms with Gasteiger partial charge in [-0.05, 0) is 114 Å². The van der Waals surface area contributed by atoms with Gasteiger partial charge in [0.15, 0.2) is 11.6 Å². The summed E-state index contributed by atoms with van der Waals surface area (Å²) in [5.74, 6) is -0.0824. The number of hydrogen-bond donors (Lipinski definition) is 2. The number of hydrogen-bond acceptors (Lipinski definition) is 8. The molecule has 4 aliphatic rings. The van der Waals surface area contributed by atoms with Crippen LogP contribution < -0.4 is 11.5 Å². The van der Waals surface area contributed by atoms with Gasteiger partial charge in [0.05, 0.1) is 11.8 Å². The van der Waals surface area contributed by atoms with Crippen molar-refractivity contribution >= 4 is 11.6 Å². The van der Waals surface area contributed by atoms with Gasteiger partial charge >= 0.3 is 0 Å². The first-order chi connectivity index (χ1) is 23.8. The molecule has 51 heavy (non-hydrogen) atoms. The number of carbonyl (C=O) groups excluding carboxylic acids is 2. The molecule has 2 heterocycles. The molecule has 0 saturated carbocycles. The quantitative estimate of drug-likeness (QED) is 0.328. The van der Waals surface area contributed by atoms with Crippen LogP contribution in [0.25, 0.3) is 0 Å². The van der Waals surface area contributed by atoms with Crippen LogP contribution >= 0.6 is 0 Å². The summed E-state index contributed by atoms with van der Waals surface area (Å²) in [5, 5.41) is 20.8. The van der Waals surface area contributed by atoms with Crippen LogP contribution in [0.5, 0.6) is 0 Å². The predicted octanol–water partition coefficient (Wildman–Crippen LogP) is 8.03. The molecule has 6 rings (SSSR count). The summed E-state index contributed by atoms with van der Waals surface area (Å²) in [7, 11) is 0. The number of rotatable bonds is 4. The lowest BCUT2D eigenvalue weighted by atomic mass is 9.68. The molecule has 2 aliphatic carbocycles. The second-order valence-corrected chi connectivity index (χ2v) is 16.6. The van der Waals surface area contributed by atoms with Crippen molar-refractivity contribution in [3.8, 4) is 12.1 Å². The summed E-state index contributed by atoms with van der Waals surface area (Å²) in [6.07, 6.45) is 2.39. The van der Waals surface area contributed by atoms with Crippen LogP contribution in [0.4, 0.5) is 0 Å². The topological polar surface area (TPSA) is 152 Å². The van der Waals surface area contributed by atoms with E-state index in [0.29, 0.717) is 54.8 Å². The Morgan fingerprint density at radius 2 is 1.00 bits per heavy atom. The van der Waals surface area contributed by atoms with Crippen molar-refractivity contribution in [2.24, 2.45) is 22.3 Å².